The van der Waals surface area contributed by atoms with Crippen molar-refractivity contribution in [3.05, 3.63) is 30.3 Å². The number of hydrogen-bond acceptors (Lipinski definition) is 5. The predicted molar refractivity (Wildman–Crippen MR) is 135 cm³/mol. The number of para-hydroxylation sites is 1. The van der Waals surface area contributed by atoms with Crippen molar-refractivity contribution < 1.29 is 24.2 Å². The smallest absolute Gasteiger partial charge is 0.246 e. The summed E-state index contributed by atoms with van der Waals surface area (Å²) >= 11 is 0. The van der Waals surface area contributed by atoms with E-state index in [2.05, 4.69) is 10.6 Å². The first-order valence-corrected chi connectivity index (χ1v) is 13.6. The Labute approximate surface area is 213 Å². The van der Waals surface area contributed by atoms with E-state index >= 15 is 0 Å². The van der Waals surface area contributed by atoms with Gasteiger partial charge in [-0.3, -0.25) is 14.4 Å². The van der Waals surface area contributed by atoms with Crippen molar-refractivity contribution in [3.8, 4) is 0 Å². The summed E-state index contributed by atoms with van der Waals surface area (Å²) in [5.41, 5.74) is -0.370. The van der Waals surface area contributed by atoms with Crippen LogP contribution in [0.3, 0.4) is 0 Å². The molecule has 3 saturated heterocycles. The van der Waals surface area contributed by atoms with E-state index in [1.165, 1.54) is 6.42 Å². The number of amides is 3. The minimum atomic E-state index is -1.04. The fourth-order valence-corrected chi connectivity index (χ4v) is 7.18. The number of aliphatic hydroxyl groups excluding tert-OH is 1. The minimum Gasteiger partial charge on any atom is -0.394 e. The van der Waals surface area contributed by atoms with E-state index in [0.717, 1.165) is 25.7 Å². The van der Waals surface area contributed by atoms with E-state index in [0.29, 0.717) is 24.9 Å². The lowest BCUT2D eigenvalue weighted by molar-refractivity contribution is -0.146. The summed E-state index contributed by atoms with van der Waals surface area (Å²) in [5.74, 6) is -1.87. The van der Waals surface area contributed by atoms with Crippen molar-refractivity contribution in [2.75, 3.05) is 11.9 Å². The van der Waals surface area contributed by atoms with Crippen LogP contribution in [0.15, 0.2) is 30.3 Å². The van der Waals surface area contributed by atoms with E-state index in [-0.39, 0.29) is 36.3 Å². The number of benzene rings is 1. The topological polar surface area (TPSA) is 108 Å². The molecule has 6 atom stereocenters. The number of nitrogens with one attached hydrogen (secondary N) is 2. The molecule has 3 aliphatic heterocycles. The molecular weight excluding hydrogens is 458 g/mol. The standard InChI is InChI=1S/C28H39N3O5/c1-17(2)15-20(16-32)31-24(26(34)30-19-11-7-4-8-12-19)28-14-13-21(36-28)22(23(28)27(31)35)25(33)29-18-9-5-3-6-10-18/h3,5-6,9-10,17,19-24,32H,4,7-8,11-16H2,1-2H3,(H,29,33)(H,30,34)/t20-,21+,22-,23+,24?,28?/m1/s1. The van der Waals surface area contributed by atoms with Crippen LogP contribution in [0.25, 0.3) is 0 Å². The Kier molecular flexibility index (Phi) is 7.10. The number of hydrogen-bond donors (Lipinski definition) is 3. The molecule has 4 aliphatic rings. The highest BCUT2D eigenvalue weighted by atomic mass is 16.5. The van der Waals surface area contributed by atoms with Crippen LogP contribution in [0.1, 0.15) is 65.2 Å². The minimum absolute atomic E-state index is 0.0899. The molecule has 1 aromatic carbocycles. The second-order valence-corrected chi connectivity index (χ2v) is 11.5. The number of nitrogens with zero attached hydrogens (tertiary/aromatic N) is 1. The van der Waals surface area contributed by atoms with Gasteiger partial charge in [0.1, 0.15) is 11.6 Å². The maximum atomic E-state index is 14.1. The maximum absolute atomic E-state index is 14.1. The Balaban J connectivity index is 1.47. The van der Waals surface area contributed by atoms with Crippen LogP contribution in [0.2, 0.25) is 0 Å². The number of carbonyl (C=O) groups excluding carboxylic acids is 3. The van der Waals surface area contributed by atoms with Gasteiger partial charge in [-0.2, -0.15) is 0 Å². The van der Waals surface area contributed by atoms with Gasteiger partial charge >= 0.3 is 0 Å². The number of aliphatic hydroxyl groups is 1. The van der Waals surface area contributed by atoms with Gasteiger partial charge < -0.3 is 25.4 Å². The van der Waals surface area contributed by atoms with Gasteiger partial charge in [0, 0.05) is 11.7 Å². The van der Waals surface area contributed by atoms with Crippen LogP contribution in [0, 0.1) is 17.8 Å². The molecule has 2 unspecified atom stereocenters. The summed E-state index contributed by atoms with van der Waals surface area (Å²) in [4.78, 5) is 43.1. The highest BCUT2D eigenvalue weighted by Gasteiger charge is 2.75. The number of anilines is 1. The lowest BCUT2D eigenvalue weighted by Crippen LogP contribution is -2.59. The summed E-state index contributed by atoms with van der Waals surface area (Å²) in [5, 5.41) is 16.5. The monoisotopic (exact) mass is 497 g/mol. The molecule has 36 heavy (non-hydrogen) atoms. The van der Waals surface area contributed by atoms with Crippen LogP contribution < -0.4 is 10.6 Å². The molecule has 3 amide bonds. The lowest BCUT2D eigenvalue weighted by atomic mass is 9.70. The summed E-state index contributed by atoms with van der Waals surface area (Å²) in [7, 11) is 0. The Morgan fingerprint density at radius 3 is 2.50 bits per heavy atom. The summed E-state index contributed by atoms with van der Waals surface area (Å²) < 4.78 is 6.51. The molecule has 5 rings (SSSR count). The highest BCUT2D eigenvalue weighted by Crippen LogP contribution is 2.59. The molecule has 1 spiro atoms. The van der Waals surface area contributed by atoms with E-state index < -0.39 is 35.6 Å². The zero-order chi connectivity index (χ0) is 25.4. The molecule has 2 bridgehead atoms. The first kappa shape index (κ1) is 25.2. The van der Waals surface area contributed by atoms with Crippen LogP contribution in [0.5, 0.6) is 0 Å². The molecule has 1 aliphatic carbocycles. The number of fused-ring (bicyclic) bond motifs is 1. The Hall–Kier alpha value is -2.45. The average Bonchev–Trinajstić information content (AvgIpc) is 3.51. The molecule has 4 fully saturated rings. The Morgan fingerprint density at radius 1 is 1.11 bits per heavy atom. The molecule has 8 heteroatoms. The molecule has 3 heterocycles. The third kappa shape index (κ3) is 4.32. The van der Waals surface area contributed by atoms with E-state index in [1.54, 1.807) is 4.90 Å². The molecule has 1 saturated carbocycles. The van der Waals surface area contributed by atoms with Crippen LogP contribution in [-0.2, 0) is 19.1 Å². The molecular formula is C28H39N3O5. The van der Waals surface area contributed by atoms with Crippen molar-refractivity contribution in [1.29, 1.82) is 0 Å². The van der Waals surface area contributed by atoms with E-state index in [1.807, 2.05) is 44.2 Å². The third-order valence-corrected chi connectivity index (χ3v) is 8.63. The largest absolute Gasteiger partial charge is 0.394 e. The summed E-state index contributed by atoms with van der Waals surface area (Å²) in [6.45, 7) is 3.85. The van der Waals surface area contributed by atoms with Gasteiger partial charge in [-0.05, 0) is 50.2 Å². The quantitative estimate of drug-likeness (QED) is 0.512. The molecule has 1 aromatic rings. The predicted octanol–water partition coefficient (Wildman–Crippen LogP) is 2.86. The zero-order valence-electron chi connectivity index (χ0n) is 21.3. The molecule has 196 valence electrons. The van der Waals surface area contributed by atoms with Crippen LogP contribution >= 0.6 is 0 Å². The first-order valence-electron chi connectivity index (χ1n) is 13.6. The normalized spacial score (nSPS) is 32.6. The highest BCUT2D eigenvalue weighted by molar-refractivity contribution is 6.02. The van der Waals surface area contributed by atoms with E-state index in [4.69, 9.17) is 4.74 Å². The van der Waals surface area contributed by atoms with Crippen molar-refractivity contribution in [2.45, 2.75) is 95.0 Å². The Bertz CT molecular complexity index is 979. The molecule has 8 nitrogen and oxygen atoms in total. The van der Waals surface area contributed by atoms with Gasteiger partial charge in [-0.1, -0.05) is 51.3 Å². The van der Waals surface area contributed by atoms with E-state index in [9.17, 15) is 19.5 Å². The van der Waals surface area contributed by atoms with Crippen molar-refractivity contribution in [1.82, 2.24) is 10.2 Å². The van der Waals surface area contributed by atoms with Gasteiger partial charge in [0.25, 0.3) is 0 Å². The second-order valence-electron chi connectivity index (χ2n) is 11.5. The fraction of sp³-hybridized carbons (Fsp3) is 0.679. The van der Waals surface area contributed by atoms with Gasteiger partial charge in [0.05, 0.1) is 30.6 Å². The third-order valence-electron chi connectivity index (χ3n) is 8.63. The number of likely N-dealkylation sites (tertiary alicyclic amines) is 1. The molecule has 0 radical (unpaired) electrons. The average molecular weight is 498 g/mol. The Morgan fingerprint density at radius 2 is 1.83 bits per heavy atom. The van der Waals surface area contributed by atoms with Crippen molar-refractivity contribution >= 4 is 23.4 Å². The van der Waals surface area contributed by atoms with Crippen LogP contribution in [-0.4, -0.2) is 64.2 Å². The lowest BCUT2D eigenvalue weighted by Gasteiger charge is -2.38. The van der Waals surface area contributed by atoms with Gasteiger partial charge in [0.15, 0.2) is 0 Å². The SMILES string of the molecule is CC(C)C[C@H](CO)N1C(=O)[C@@H]2[C@H](C(=O)Nc3ccccc3)[C@@H]3CCC2(O3)C1C(=O)NC1CCCCC1. The van der Waals surface area contributed by atoms with Crippen molar-refractivity contribution in [2.24, 2.45) is 17.8 Å². The maximum Gasteiger partial charge on any atom is 0.246 e. The number of rotatable bonds is 8. The fourth-order valence-electron chi connectivity index (χ4n) is 7.18. The summed E-state index contributed by atoms with van der Waals surface area (Å²) in [6.07, 6.45) is 6.57. The summed E-state index contributed by atoms with van der Waals surface area (Å²) in [6, 6.07) is 7.95. The van der Waals surface area contributed by atoms with Crippen LogP contribution in [0.4, 0.5) is 5.69 Å². The van der Waals surface area contributed by atoms with Gasteiger partial charge in [0.2, 0.25) is 17.7 Å². The van der Waals surface area contributed by atoms with Gasteiger partial charge in [-0.25, -0.2) is 0 Å². The molecule has 0 aromatic heterocycles. The van der Waals surface area contributed by atoms with Gasteiger partial charge in [-0.15, -0.1) is 0 Å². The number of ether oxygens (including phenoxy) is 1. The first-order chi connectivity index (χ1) is 17.4. The molecule has 3 N–H and O–H groups in total. The zero-order valence-corrected chi connectivity index (χ0v) is 21.3. The second kappa shape index (κ2) is 10.1. The number of carbonyl (C=O) groups is 3. The van der Waals surface area contributed by atoms with Crippen molar-refractivity contribution in [3.63, 3.8) is 0 Å².